The Morgan fingerprint density at radius 1 is 1.32 bits per heavy atom. The fourth-order valence-electron chi connectivity index (χ4n) is 1.89. The minimum atomic E-state index is -0.553. The lowest BCUT2D eigenvalue weighted by atomic mass is 10.1. The minimum absolute atomic E-state index is 0.0249. The molecule has 0 fully saturated rings. The first kappa shape index (κ1) is 13.7. The molecule has 0 bridgehead atoms. The predicted octanol–water partition coefficient (Wildman–Crippen LogP) is 2.49. The van der Waals surface area contributed by atoms with Gasteiger partial charge in [0.25, 0.3) is 0 Å². The van der Waals surface area contributed by atoms with Crippen molar-refractivity contribution < 1.29 is 8.78 Å². The molecule has 0 aliphatic rings. The average Bonchev–Trinajstić information content (AvgIpc) is 2.81. The highest BCUT2D eigenvalue weighted by Gasteiger charge is 2.10. The van der Waals surface area contributed by atoms with Crippen LogP contribution in [0.25, 0.3) is 0 Å². The predicted molar refractivity (Wildman–Crippen MR) is 69.7 cm³/mol. The number of nitrogens with zero attached hydrogens (tertiary/aromatic N) is 2. The van der Waals surface area contributed by atoms with E-state index in [0.717, 1.165) is 18.4 Å². The number of aromatic nitrogens is 2. The van der Waals surface area contributed by atoms with E-state index >= 15 is 0 Å². The summed E-state index contributed by atoms with van der Waals surface area (Å²) in [6.07, 6.45) is 5.07. The SMILES string of the molecule is CCC(N)Cc1cnn(Cc2c(F)cccc2F)c1. The maximum Gasteiger partial charge on any atom is 0.131 e. The Hall–Kier alpha value is -1.75. The zero-order valence-corrected chi connectivity index (χ0v) is 10.8. The van der Waals surface area contributed by atoms with E-state index in [1.807, 2.05) is 6.92 Å². The van der Waals surface area contributed by atoms with Gasteiger partial charge < -0.3 is 5.73 Å². The first-order valence-corrected chi connectivity index (χ1v) is 6.30. The number of halogens is 2. The van der Waals surface area contributed by atoms with Gasteiger partial charge in [-0.05, 0) is 30.5 Å². The van der Waals surface area contributed by atoms with Crippen LogP contribution in [0.3, 0.4) is 0 Å². The van der Waals surface area contributed by atoms with Crippen LogP contribution in [-0.2, 0) is 13.0 Å². The monoisotopic (exact) mass is 265 g/mol. The number of hydrogen-bond acceptors (Lipinski definition) is 2. The molecule has 2 rings (SSSR count). The molecule has 0 aliphatic carbocycles. The summed E-state index contributed by atoms with van der Waals surface area (Å²) in [7, 11) is 0. The zero-order chi connectivity index (χ0) is 13.8. The summed E-state index contributed by atoms with van der Waals surface area (Å²) in [4.78, 5) is 0. The highest BCUT2D eigenvalue weighted by molar-refractivity contribution is 5.20. The van der Waals surface area contributed by atoms with Gasteiger partial charge in [0.05, 0.1) is 12.7 Å². The van der Waals surface area contributed by atoms with Crippen LogP contribution in [0.15, 0.2) is 30.6 Å². The third kappa shape index (κ3) is 3.38. The second kappa shape index (κ2) is 5.93. The van der Waals surface area contributed by atoms with Crippen molar-refractivity contribution in [3.05, 3.63) is 53.4 Å². The van der Waals surface area contributed by atoms with E-state index in [1.54, 1.807) is 12.4 Å². The van der Waals surface area contributed by atoms with E-state index in [1.165, 1.54) is 22.9 Å². The third-order valence-electron chi connectivity index (χ3n) is 3.09. The van der Waals surface area contributed by atoms with Gasteiger partial charge in [-0.3, -0.25) is 4.68 Å². The van der Waals surface area contributed by atoms with Gasteiger partial charge in [0, 0.05) is 17.8 Å². The van der Waals surface area contributed by atoms with Crippen LogP contribution >= 0.6 is 0 Å². The average molecular weight is 265 g/mol. The van der Waals surface area contributed by atoms with Crippen LogP contribution in [-0.4, -0.2) is 15.8 Å². The number of benzene rings is 1. The van der Waals surface area contributed by atoms with Gasteiger partial charge in [-0.25, -0.2) is 8.78 Å². The van der Waals surface area contributed by atoms with E-state index in [9.17, 15) is 8.78 Å². The summed E-state index contributed by atoms with van der Waals surface area (Å²) < 4.78 is 28.5. The van der Waals surface area contributed by atoms with Crippen molar-refractivity contribution in [3.63, 3.8) is 0 Å². The van der Waals surface area contributed by atoms with Gasteiger partial charge >= 0.3 is 0 Å². The van der Waals surface area contributed by atoms with E-state index in [0.29, 0.717) is 0 Å². The second-order valence-corrected chi connectivity index (χ2v) is 4.62. The van der Waals surface area contributed by atoms with Gasteiger partial charge in [-0.15, -0.1) is 0 Å². The Kier molecular flexibility index (Phi) is 4.27. The number of rotatable bonds is 5. The molecule has 0 aliphatic heterocycles. The fourth-order valence-corrected chi connectivity index (χ4v) is 1.89. The summed E-state index contributed by atoms with van der Waals surface area (Å²) in [6.45, 7) is 2.10. The molecule has 3 nitrogen and oxygen atoms in total. The highest BCUT2D eigenvalue weighted by atomic mass is 19.1. The largest absolute Gasteiger partial charge is 0.327 e. The van der Waals surface area contributed by atoms with E-state index in [-0.39, 0.29) is 18.2 Å². The lowest BCUT2D eigenvalue weighted by Crippen LogP contribution is -2.21. The fraction of sp³-hybridized carbons (Fsp3) is 0.357. The Labute approximate surface area is 111 Å². The molecule has 5 heteroatoms. The topological polar surface area (TPSA) is 43.8 Å². The molecule has 0 radical (unpaired) electrons. The Balaban J connectivity index is 2.12. The minimum Gasteiger partial charge on any atom is -0.327 e. The molecule has 102 valence electrons. The van der Waals surface area contributed by atoms with Gasteiger partial charge in [-0.1, -0.05) is 13.0 Å². The van der Waals surface area contributed by atoms with Crippen molar-refractivity contribution in [2.75, 3.05) is 0 Å². The lowest BCUT2D eigenvalue weighted by molar-refractivity contribution is 0.532. The normalized spacial score (nSPS) is 12.6. The van der Waals surface area contributed by atoms with Crippen molar-refractivity contribution in [1.29, 1.82) is 0 Å². The number of hydrogen-bond donors (Lipinski definition) is 1. The smallest absolute Gasteiger partial charge is 0.131 e. The third-order valence-corrected chi connectivity index (χ3v) is 3.09. The quantitative estimate of drug-likeness (QED) is 0.902. The molecule has 1 aromatic heterocycles. The van der Waals surface area contributed by atoms with Crippen molar-refractivity contribution >= 4 is 0 Å². The standard InChI is InChI=1S/C14H17F2N3/c1-2-11(17)6-10-7-18-19(8-10)9-12-13(15)4-3-5-14(12)16/h3-5,7-8,11H,2,6,9,17H2,1H3. The van der Waals surface area contributed by atoms with Crippen LogP contribution in [0.2, 0.25) is 0 Å². The summed E-state index contributed by atoms with van der Waals surface area (Å²) in [6, 6.07) is 3.93. The molecule has 1 heterocycles. The first-order valence-electron chi connectivity index (χ1n) is 6.30. The van der Waals surface area contributed by atoms with E-state index < -0.39 is 11.6 Å². The van der Waals surface area contributed by atoms with E-state index in [2.05, 4.69) is 5.10 Å². The molecule has 2 aromatic rings. The molecule has 1 atom stereocenters. The zero-order valence-electron chi connectivity index (χ0n) is 10.8. The molecule has 1 unspecified atom stereocenters. The second-order valence-electron chi connectivity index (χ2n) is 4.62. The molecular formula is C14H17F2N3. The maximum absolute atomic E-state index is 13.5. The molecule has 1 aromatic carbocycles. The Morgan fingerprint density at radius 2 is 2.00 bits per heavy atom. The van der Waals surface area contributed by atoms with Crippen LogP contribution in [0.1, 0.15) is 24.5 Å². The van der Waals surface area contributed by atoms with Gasteiger partial charge in [0.1, 0.15) is 11.6 Å². The van der Waals surface area contributed by atoms with Gasteiger partial charge in [0.2, 0.25) is 0 Å². The molecule has 0 saturated carbocycles. The van der Waals surface area contributed by atoms with Gasteiger partial charge in [-0.2, -0.15) is 5.10 Å². The number of nitrogens with two attached hydrogens (primary N) is 1. The lowest BCUT2D eigenvalue weighted by Gasteiger charge is -2.06. The summed E-state index contributed by atoms with van der Waals surface area (Å²) in [5.41, 5.74) is 6.86. The Morgan fingerprint density at radius 3 is 2.63 bits per heavy atom. The van der Waals surface area contributed by atoms with Crippen LogP contribution in [0.4, 0.5) is 8.78 Å². The van der Waals surface area contributed by atoms with Crippen LogP contribution < -0.4 is 5.73 Å². The maximum atomic E-state index is 13.5. The van der Waals surface area contributed by atoms with Crippen LogP contribution in [0.5, 0.6) is 0 Å². The van der Waals surface area contributed by atoms with Crippen LogP contribution in [0, 0.1) is 11.6 Å². The molecule has 0 saturated heterocycles. The molecule has 19 heavy (non-hydrogen) atoms. The molecule has 0 amide bonds. The van der Waals surface area contributed by atoms with E-state index in [4.69, 9.17) is 5.73 Å². The van der Waals surface area contributed by atoms with Gasteiger partial charge in [0.15, 0.2) is 0 Å². The Bertz CT molecular complexity index is 531. The van der Waals surface area contributed by atoms with Crippen molar-refractivity contribution in [3.8, 4) is 0 Å². The summed E-state index contributed by atoms with van der Waals surface area (Å²) >= 11 is 0. The molecular weight excluding hydrogens is 248 g/mol. The summed E-state index contributed by atoms with van der Waals surface area (Å²) in [5.74, 6) is -1.11. The molecule has 2 N–H and O–H groups in total. The summed E-state index contributed by atoms with van der Waals surface area (Å²) in [5, 5.41) is 4.11. The highest BCUT2D eigenvalue weighted by Crippen LogP contribution is 2.14. The van der Waals surface area contributed by atoms with Crippen molar-refractivity contribution in [2.45, 2.75) is 32.4 Å². The van der Waals surface area contributed by atoms with Crippen molar-refractivity contribution in [2.24, 2.45) is 5.73 Å². The van der Waals surface area contributed by atoms with Crippen molar-refractivity contribution in [1.82, 2.24) is 9.78 Å². The first-order chi connectivity index (χ1) is 9.10. The molecule has 0 spiro atoms.